The molecule has 0 N–H and O–H groups in total. The van der Waals surface area contributed by atoms with Crippen LogP contribution in [-0.2, 0) is 0 Å². The molecule has 0 aromatic carbocycles. The van der Waals surface area contributed by atoms with E-state index in [-0.39, 0.29) is 5.38 Å². The van der Waals surface area contributed by atoms with Crippen molar-refractivity contribution in [3.05, 3.63) is 0 Å². The average Bonchev–Trinajstić information content (AvgIpc) is 1.31. The molecule has 4 heteroatoms. The van der Waals surface area contributed by atoms with E-state index >= 15 is 0 Å². The molecule has 0 amide bonds. The topological polar surface area (TPSA) is 0 Å². The predicted octanol–water partition coefficient (Wildman–Crippen LogP) is 1.11. The molecule has 0 fully saturated rings. The first kappa shape index (κ1) is 8.09. The number of hydrogen-bond acceptors (Lipinski definition) is 0. The Morgan fingerprint density at radius 2 is 1.71 bits per heavy atom. The van der Waals surface area contributed by atoms with Crippen LogP contribution in [0, 0.1) is 0 Å². The Labute approximate surface area is 61.5 Å². The Bertz CT molecular complexity index is 55.7. The monoisotopic (exact) mass is 176 g/mol. The molecule has 0 aliphatic heterocycles. The lowest BCUT2D eigenvalue weighted by molar-refractivity contribution is 0.983. The molecular formula is C3H7Cl3Si. The minimum atomic E-state index is -0.651. The van der Waals surface area contributed by atoms with E-state index in [1.807, 2.05) is 0 Å². The first-order valence-electron chi connectivity index (χ1n) is 1.96. The molecule has 0 aromatic heterocycles. The number of rotatable bonds is 1. The average molecular weight is 178 g/mol. The Morgan fingerprint density at radius 1 is 1.57 bits per heavy atom. The summed E-state index contributed by atoms with van der Waals surface area (Å²) in [7, 11) is 0.711. The smallest absolute Gasteiger partial charge is 0.113 e. The fraction of sp³-hybridized carbons (Fsp3) is 1.00. The SMILES string of the molecule is CC(Cl)C([SiH3])(Cl)Cl. The fourth-order valence-corrected chi connectivity index (χ4v) is 0. The standard InChI is InChI=1S/C3H7Cl3Si/c1-2(4)3(5,6)7/h2H,1,7H3. The van der Waals surface area contributed by atoms with Gasteiger partial charge in [0.1, 0.15) is 3.96 Å². The van der Waals surface area contributed by atoms with E-state index in [0.717, 1.165) is 0 Å². The molecular weight excluding hydrogens is 170 g/mol. The van der Waals surface area contributed by atoms with Crippen molar-refractivity contribution >= 4 is 45.0 Å². The van der Waals surface area contributed by atoms with Crippen molar-refractivity contribution in [2.45, 2.75) is 16.3 Å². The summed E-state index contributed by atoms with van der Waals surface area (Å²) in [6.45, 7) is 1.79. The lowest BCUT2D eigenvalue weighted by Gasteiger charge is -2.14. The summed E-state index contributed by atoms with van der Waals surface area (Å²) < 4.78 is -0.651. The van der Waals surface area contributed by atoms with Crippen LogP contribution in [0.2, 0.25) is 0 Å². The van der Waals surface area contributed by atoms with Gasteiger partial charge in [-0.3, -0.25) is 0 Å². The van der Waals surface area contributed by atoms with Crippen molar-refractivity contribution < 1.29 is 0 Å². The quantitative estimate of drug-likeness (QED) is 0.416. The van der Waals surface area contributed by atoms with Gasteiger partial charge in [0.2, 0.25) is 0 Å². The summed E-state index contributed by atoms with van der Waals surface area (Å²) in [6, 6.07) is 0. The second-order valence-electron chi connectivity index (χ2n) is 1.57. The molecule has 0 saturated carbocycles. The Kier molecular flexibility index (Phi) is 2.98. The fourth-order valence-electron chi connectivity index (χ4n) is 0. The predicted molar refractivity (Wildman–Crippen MR) is 39.7 cm³/mol. The van der Waals surface area contributed by atoms with E-state index in [2.05, 4.69) is 0 Å². The summed E-state index contributed by atoms with van der Waals surface area (Å²) in [6.07, 6.45) is 0. The lowest BCUT2D eigenvalue weighted by Crippen LogP contribution is -2.23. The van der Waals surface area contributed by atoms with E-state index in [0.29, 0.717) is 10.2 Å². The van der Waals surface area contributed by atoms with Gasteiger partial charge in [0.05, 0.1) is 15.6 Å². The van der Waals surface area contributed by atoms with Crippen LogP contribution < -0.4 is 0 Å². The summed E-state index contributed by atoms with van der Waals surface area (Å²) in [5, 5.41) is -0.137. The second-order valence-corrected chi connectivity index (χ2v) is 6.84. The highest BCUT2D eigenvalue weighted by atomic mass is 35.5. The van der Waals surface area contributed by atoms with Crippen LogP contribution in [0.3, 0.4) is 0 Å². The first-order chi connectivity index (χ1) is 2.94. The van der Waals surface area contributed by atoms with Gasteiger partial charge in [-0.2, -0.15) is 0 Å². The van der Waals surface area contributed by atoms with Crippen LogP contribution in [0.15, 0.2) is 0 Å². The Balaban J connectivity index is 3.54. The van der Waals surface area contributed by atoms with E-state index in [1.165, 1.54) is 0 Å². The molecule has 7 heavy (non-hydrogen) atoms. The largest absolute Gasteiger partial charge is 0.120 e. The molecule has 1 atom stereocenters. The Hall–Kier alpha value is 1.09. The second kappa shape index (κ2) is 2.58. The van der Waals surface area contributed by atoms with E-state index in [9.17, 15) is 0 Å². The molecule has 1 unspecified atom stereocenters. The van der Waals surface area contributed by atoms with Gasteiger partial charge in [-0.15, -0.1) is 34.8 Å². The zero-order chi connectivity index (χ0) is 6.08. The number of halogens is 3. The zero-order valence-electron chi connectivity index (χ0n) is 4.21. The minimum Gasteiger partial charge on any atom is -0.120 e. The van der Waals surface area contributed by atoms with Crippen molar-refractivity contribution in [1.29, 1.82) is 0 Å². The van der Waals surface area contributed by atoms with Gasteiger partial charge in [0.25, 0.3) is 0 Å². The maximum absolute atomic E-state index is 5.56. The highest BCUT2D eigenvalue weighted by molar-refractivity contribution is 6.67. The van der Waals surface area contributed by atoms with Gasteiger partial charge in [0, 0.05) is 0 Å². The molecule has 0 bridgehead atoms. The number of hydrogen-bond donors (Lipinski definition) is 0. The lowest BCUT2D eigenvalue weighted by atomic mass is 10.5. The summed E-state index contributed by atoms with van der Waals surface area (Å²) >= 11 is 16.7. The van der Waals surface area contributed by atoms with Crippen molar-refractivity contribution in [2.24, 2.45) is 0 Å². The molecule has 0 nitrogen and oxygen atoms in total. The summed E-state index contributed by atoms with van der Waals surface area (Å²) in [5.74, 6) is 0. The summed E-state index contributed by atoms with van der Waals surface area (Å²) in [4.78, 5) is 0. The van der Waals surface area contributed by atoms with E-state index < -0.39 is 3.96 Å². The highest BCUT2D eigenvalue weighted by Gasteiger charge is 2.22. The molecule has 0 saturated heterocycles. The third-order valence-electron chi connectivity index (χ3n) is 0.698. The van der Waals surface area contributed by atoms with Gasteiger partial charge in [-0.25, -0.2) is 0 Å². The zero-order valence-corrected chi connectivity index (χ0v) is 8.48. The van der Waals surface area contributed by atoms with Crippen molar-refractivity contribution in [2.75, 3.05) is 0 Å². The molecule has 0 aromatic rings. The highest BCUT2D eigenvalue weighted by Crippen LogP contribution is 2.24. The van der Waals surface area contributed by atoms with Gasteiger partial charge >= 0.3 is 0 Å². The molecule has 0 heterocycles. The molecule has 0 radical (unpaired) electrons. The van der Waals surface area contributed by atoms with Crippen molar-refractivity contribution in [3.63, 3.8) is 0 Å². The first-order valence-corrected chi connectivity index (χ1v) is 4.15. The van der Waals surface area contributed by atoms with Crippen LogP contribution in [0.25, 0.3) is 0 Å². The maximum Gasteiger partial charge on any atom is 0.113 e. The molecule has 0 rings (SSSR count). The minimum absolute atomic E-state index is 0.137. The third-order valence-corrected chi connectivity index (χ3v) is 3.24. The normalized spacial score (nSPS) is 17.1. The van der Waals surface area contributed by atoms with Gasteiger partial charge in [-0.05, 0) is 6.92 Å². The molecule has 0 aliphatic carbocycles. The van der Waals surface area contributed by atoms with E-state index in [4.69, 9.17) is 34.8 Å². The van der Waals surface area contributed by atoms with Crippen LogP contribution in [0.4, 0.5) is 0 Å². The molecule has 0 spiro atoms. The van der Waals surface area contributed by atoms with Crippen LogP contribution in [0.5, 0.6) is 0 Å². The van der Waals surface area contributed by atoms with Crippen molar-refractivity contribution in [1.82, 2.24) is 0 Å². The van der Waals surface area contributed by atoms with Crippen LogP contribution in [0.1, 0.15) is 6.92 Å². The summed E-state index contributed by atoms with van der Waals surface area (Å²) in [5.41, 5.74) is 0. The van der Waals surface area contributed by atoms with Crippen LogP contribution >= 0.6 is 34.8 Å². The number of alkyl halides is 3. The van der Waals surface area contributed by atoms with E-state index in [1.54, 1.807) is 6.92 Å². The van der Waals surface area contributed by atoms with Gasteiger partial charge < -0.3 is 0 Å². The molecule has 0 aliphatic rings. The maximum atomic E-state index is 5.56. The van der Waals surface area contributed by atoms with Crippen molar-refractivity contribution in [3.8, 4) is 0 Å². The van der Waals surface area contributed by atoms with Crippen LogP contribution in [-0.4, -0.2) is 19.6 Å². The van der Waals surface area contributed by atoms with Gasteiger partial charge in [0.15, 0.2) is 0 Å². The van der Waals surface area contributed by atoms with Gasteiger partial charge in [-0.1, -0.05) is 0 Å². The third kappa shape index (κ3) is 3.65. The Morgan fingerprint density at radius 3 is 1.71 bits per heavy atom. The molecule has 44 valence electrons.